The highest BCUT2D eigenvalue weighted by Gasteiger charge is 2.31. The largest absolute Gasteiger partial charge is 0.475 e. The number of methoxy groups -OCH3 is 1. The Balaban J connectivity index is 2.47. The van der Waals surface area contributed by atoms with E-state index in [4.69, 9.17) is 20.1 Å². The van der Waals surface area contributed by atoms with Crippen molar-refractivity contribution in [1.82, 2.24) is 4.98 Å². The van der Waals surface area contributed by atoms with Gasteiger partial charge in [0.1, 0.15) is 12.4 Å². The van der Waals surface area contributed by atoms with Crippen LogP contribution in [0.25, 0.3) is 0 Å². The summed E-state index contributed by atoms with van der Waals surface area (Å²) in [4.78, 5) is 3.78. The number of ether oxygens (including phenoxy) is 3. The summed E-state index contributed by atoms with van der Waals surface area (Å²) in [6.45, 7) is 1.41. The van der Waals surface area contributed by atoms with Crippen molar-refractivity contribution < 1.29 is 27.4 Å². The van der Waals surface area contributed by atoms with Crippen LogP contribution in [0.1, 0.15) is 12.0 Å². The van der Waals surface area contributed by atoms with Gasteiger partial charge >= 0.3 is 6.18 Å². The quantitative estimate of drug-likeness (QED) is 0.411. The fourth-order valence-corrected chi connectivity index (χ4v) is 1.43. The summed E-state index contributed by atoms with van der Waals surface area (Å²) in [6.07, 6.45) is -3.76. The number of nitrogens with one attached hydrogen (secondary N) is 1. The molecular formula is C12H18F3N3O3. The summed E-state index contributed by atoms with van der Waals surface area (Å²) in [5, 5.41) is 0. The van der Waals surface area contributed by atoms with Crippen LogP contribution in [-0.4, -0.2) is 38.5 Å². The molecule has 0 atom stereocenters. The number of nitrogens with zero attached hydrogens (tertiary/aromatic N) is 1. The van der Waals surface area contributed by atoms with Crippen molar-refractivity contribution in [1.29, 1.82) is 0 Å². The number of halogens is 3. The fraction of sp³-hybridized carbons (Fsp3) is 0.583. The first kappa shape index (κ1) is 17.5. The molecular weight excluding hydrogens is 291 g/mol. The van der Waals surface area contributed by atoms with E-state index < -0.39 is 11.7 Å². The summed E-state index contributed by atoms with van der Waals surface area (Å²) in [5.41, 5.74) is 1.18. The molecule has 0 saturated heterocycles. The van der Waals surface area contributed by atoms with Crippen LogP contribution in [0.15, 0.2) is 12.1 Å². The minimum atomic E-state index is -4.50. The molecule has 0 spiro atoms. The third kappa shape index (κ3) is 6.61. The fourth-order valence-electron chi connectivity index (χ4n) is 1.43. The summed E-state index contributed by atoms with van der Waals surface area (Å²) < 4.78 is 53.2. The number of hydrazine groups is 1. The number of anilines is 1. The van der Waals surface area contributed by atoms with Gasteiger partial charge in [-0.3, -0.25) is 0 Å². The van der Waals surface area contributed by atoms with Gasteiger partial charge in [0.15, 0.2) is 0 Å². The number of rotatable bonds is 9. The Kier molecular flexibility index (Phi) is 7.20. The van der Waals surface area contributed by atoms with E-state index in [2.05, 4.69) is 10.4 Å². The lowest BCUT2D eigenvalue weighted by atomic mass is 10.2. The topological polar surface area (TPSA) is 78.6 Å². The Bertz CT molecular complexity index is 430. The van der Waals surface area contributed by atoms with Crippen LogP contribution >= 0.6 is 0 Å². The summed E-state index contributed by atoms with van der Waals surface area (Å²) in [7, 11) is 1.59. The lowest BCUT2D eigenvalue weighted by molar-refractivity contribution is -0.137. The zero-order valence-electron chi connectivity index (χ0n) is 11.6. The summed E-state index contributed by atoms with van der Waals surface area (Å²) in [6, 6.07) is 1.61. The monoisotopic (exact) mass is 309 g/mol. The standard InChI is InChI=1S/C12H18F3N3O3/c1-19-3-2-4-20-5-6-21-11-8-9(12(13,14)15)7-10(17-11)18-16/h7-8H,2-6,16H2,1H3,(H,17,18). The van der Waals surface area contributed by atoms with Crippen LogP contribution in [0.3, 0.4) is 0 Å². The van der Waals surface area contributed by atoms with Crippen LogP contribution in [0.4, 0.5) is 19.0 Å². The molecule has 1 aromatic rings. The number of aromatic nitrogens is 1. The molecule has 0 fully saturated rings. The Morgan fingerprint density at radius 3 is 2.57 bits per heavy atom. The van der Waals surface area contributed by atoms with E-state index in [1.165, 1.54) is 0 Å². The van der Waals surface area contributed by atoms with Gasteiger partial charge in [-0.1, -0.05) is 0 Å². The molecule has 9 heteroatoms. The number of hydrogen-bond donors (Lipinski definition) is 2. The molecule has 1 aromatic heterocycles. The number of hydrogen-bond acceptors (Lipinski definition) is 6. The van der Waals surface area contributed by atoms with Gasteiger partial charge in [-0.15, -0.1) is 0 Å². The van der Waals surface area contributed by atoms with E-state index in [1.807, 2.05) is 0 Å². The second-order valence-electron chi connectivity index (χ2n) is 4.03. The van der Waals surface area contributed by atoms with Gasteiger partial charge in [0.25, 0.3) is 0 Å². The van der Waals surface area contributed by atoms with E-state index in [1.54, 1.807) is 7.11 Å². The highest BCUT2D eigenvalue weighted by atomic mass is 19.4. The number of nitrogen functional groups attached to an aromatic ring is 1. The normalized spacial score (nSPS) is 11.5. The maximum atomic E-state index is 12.7. The van der Waals surface area contributed by atoms with Crippen molar-refractivity contribution in [2.24, 2.45) is 5.84 Å². The van der Waals surface area contributed by atoms with Crippen molar-refractivity contribution in [3.63, 3.8) is 0 Å². The minimum absolute atomic E-state index is 0.0886. The Hall–Kier alpha value is -1.58. The first-order chi connectivity index (χ1) is 9.97. The molecule has 0 unspecified atom stereocenters. The van der Waals surface area contributed by atoms with E-state index >= 15 is 0 Å². The van der Waals surface area contributed by atoms with Gasteiger partial charge in [-0.2, -0.15) is 18.2 Å². The van der Waals surface area contributed by atoms with E-state index in [0.717, 1.165) is 18.6 Å². The minimum Gasteiger partial charge on any atom is -0.475 e. The van der Waals surface area contributed by atoms with E-state index in [0.29, 0.717) is 13.2 Å². The van der Waals surface area contributed by atoms with Gasteiger partial charge in [-0.05, 0) is 12.5 Å². The molecule has 0 radical (unpaired) electrons. The van der Waals surface area contributed by atoms with Crippen LogP contribution in [-0.2, 0) is 15.7 Å². The predicted octanol–water partition coefficient (Wildman–Crippen LogP) is 1.82. The molecule has 0 aromatic carbocycles. The van der Waals surface area contributed by atoms with Crippen molar-refractivity contribution in [3.8, 4) is 5.88 Å². The molecule has 21 heavy (non-hydrogen) atoms. The lowest BCUT2D eigenvalue weighted by Gasteiger charge is -2.12. The van der Waals surface area contributed by atoms with Crippen molar-refractivity contribution in [2.45, 2.75) is 12.6 Å². The van der Waals surface area contributed by atoms with Gasteiger partial charge < -0.3 is 19.6 Å². The van der Waals surface area contributed by atoms with Crippen LogP contribution in [0, 0.1) is 0 Å². The van der Waals surface area contributed by atoms with Crippen molar-refractivity contribution in [3.05, 3.63) is 17.7 Å². The first-order valence-electron chi connectivity index (χ1n) is 6.22. The molecule has 6 nitrogen and oxygen atoms in total. The molecule has 0 aliphatic carbocycles. The molecule has 0 saturated carbocycles. The lowest BCUT2D eigenvalue weighted by Crippen LogP contribution is -2.14. The van der Waals surface area contributed by atoms with Crippen molar-refractivity contribution >= 4 is 5.82 Å². The summed E-state index contributed by atoms with van der Waals surface area (Å²) >= 11 is 0. The number of nitrogens with two attached hydrogens (primary N) is 1. The third-order valence-electron chi connectivity index (χ3n) is 2.39. The Labute approximate surface area is 120 Å². The summed E-state index contributed by atoms with van der Waals surface area (Å²) in [5.74, 6) is 4.79. The molecule has 120 valence electrons. The smallest absolute Gasteiger partial charge is 0.416 e. The third-order valence-corrected chi connectivity index (χ3v) is 2.39. The zero-order valence-corrected chi connectivity index (χ0v) is 11.6. The average molecular weight is 309 g/mol. The number of pyridine rings is 1. The second-order valence-corrected chi connectivity index (χ2v) is 4.03. The zero-order chi connectivity index (χ0) is 15.7. The highest BCUT2D eigenvalue weighted by Crippen LogP contribution is 2.32. The van der Waals surface area contributed by atoms with Gasteiger partial charge in [0, 0.05) is 26.4 Å². The van der Waals surface area contributed by atoms with Gasteiger partial charge in [0.2, 0.25) is 5.88 Å². The molecule has 1 heterocycles. The Morgan fingerprint density at radius 1 is 1.19 bits per heavy atom. The van der Waals surface area contributed by atoms with Gasteiger partial charge in [-0.25, -0.2) is 5.84 Å². The van der Waals surface area contributed by atoms with E-state index in [-0.39, 0.29) is 24.9 Å². The van der Waals surface area contributed by atoms with Gasteiger partial charge in [0.05, 0.1) is 12.2 Å². The maximum Gasteiger partial charge on any atom is 0.416 e. The average Bonchev–Trinajstić information content (AvgIpc) is 2.45. The second kappa shape index (κ2) is 8.65. The van der Waals surface area contributed by atoms with E-state index in [9.17, 15) is 13.2 Å². The van der Waals surface area contributed by atoms with Crippen LogP contribution in [0.5, 0.6) is 5.88 Å². The molecule has 3 N–H and O–H groups in total. The molecule has 0 amide bonds. The Morgan fingerprint density at radius 2 is 1.95 bits per heavy atom. The maximum absolute atomic E-state index is 12.7. The van der Waals surface area contributed by atoms with Crippen molar-refractivity contribution in [2.75, 3.05) is 39.0 Å². The SMILES string of the molecule is COCCCOCCOc1cc(C(F)(F)F)cc(NN)n1. The first-order valence-corrected chi connectivity index (χ1v) is 6.22. The highest BCUT2D eigenvalue weighted by molar-refractivity contribution is 5.41. The predicted molar refractivity (Wildman–Crippen MR) is 69.9 cm³/mol. The molecule has 0 aliphatic rings. The molecule has 0 aliphatic heterocycles. The van der Waals surface area contributed by atoms with Crippen LogP contribution in [0.2, 0.25) is 0 Å². The molecule has 1 rings (SSSR count). The number of alkyl halides is 3. The molecule has 0 bridgehead atoms. The van der Waals surface area contributed by atoms with Crippen LogP contribution < -0.4 is 16.0 Å².